The number of halogens is 2. The lowest BCUT2D eigenvalue weighted by Gasteiger charge is -2.38. The zero-order chi connectivity index (χ0) is 24.5. The molecule has 1 aromatic rings. The van der Waals surface area contributed by atoms with E-state index in [0.29, 0.717) is 13.0 Å². The zero-order valence-corrected chi connectivity index (χ0v) is 20.4. The van der Waals surface area contributed by atoms with Crippen molar-refractivity contribution in [2.24, 2.45) is 0 Å². The molecule has 0 aliphatic carbocycles. The van der Waals surface area contributed by atoms with Crippen LogP contribution < -0.4 is 0 Å². The third kappa shape index (κ3) is 6.05. The number of rotatable bonds is 4. The van der Waals surface area contributed by atoms with Gasteiger partial charge in [-0.25, -0.2) is 13.6 Å². The normalized spacial score (nSPS) is 26.1. The molecule has 1 aromatic carbocycles. The predicted octanol–water partition coefficient (Wildman–Crippen LogP) is 3.05. The maximum absolute atomic E-state index is 13.8. The Kier molecular flexibility index (Phi) is 7.14. The summed E-state index contributed by atoms with van der Waals surface area (Å²) < 4.78 is 33.1. The van der Waals surface area contributed by atoms with E-state index >= 15 is 0 Å². The van der Waals surface area contributed by atoms with Gasteiger partial charge in [-0.1, -0.05) is 30.3 Å². The lowest BCUT2D eigenvalue weighted by Crippen LogP contribution is -2.51. The highest BCUT2D eigenvalue weighted by atomic mass is 19.3. The monoisotopic (exact) mass is 478 g/mol. The summed E-state index contributed by atoms with van der Waals surface area (Å²) in [5.41, 5.74) is 0.577. The molecule has 0 bridgehead atoms. The van der Waals surface area contributed by atoms with Gasteiger partial charge in [-0.3, -0.25) is 19.5 Å². The summed E-state index contributed by atoms with van der Waals surface area (Å²) in [4.78, 5) is 33.6. The lowest BCUT2D eigenvalue weighted by atomic mass is 10.1. The largest absolute Gasteiger partial charge is 0.444 e. The van der Waals surface area contributed by atoms with Gasteiger partial charge in [0, 0.05) is 58.3 Å². The van der Waals surface area contributed by atoms with Crippen molar-refractivity contribution in [3.63, 3.8) is 0 Å². The summed E-state index contributed by atoms with van der Waals surface area (Å²) >= 11 is 0. The number of benzene rings is 1. The van der Waals surface area contributed by atoms with Crippen LogP contribution in [0.4, 0.5) is 13.6 Å². The van der Waals surface area contributed by atoms with Gasteiger partial charge in [-0.15, -0.1) is 0 Å². The quantitative estimate of drug-likeness (QED) is 0.666. The van der Waals surface area contributed by atoms with E-state index in [9.17, 15) is 18.4 Å². The molecule has 3 aliphatic heterocycles. The van der Waals surface area contributed by atoms with E-state index in [2.05, 4.69) is 21.9 Å². The lowest BCUT2D eigenvalue weighted by molar-refractivity contribution is -0.136. The molecule has 2 amide bonds. The second kappa shape index (κ2) is 9.77. The first kappa shape index (κ1) is 24.9. The standard InChI is InChI=1S/C25H36F2N4O3/c1-24(2,3)34-23(33)31-17-20(15-21(31)22(32)30-10-9-25(26,27)18-30)29-13-11-28(12-14-29)16-19-7-5-4-6-8-19/h4-8,20-21H,9-18H2,1-3H3. The fourth-order valence-corrected chi connectivity index (χ4v) is 5.10. The van der Waals surface area contributed by atoms with E-state index in [1.807, 2.05) is 18.2 Å². The molecule has 188 valence electrons. The minimum atomic E-state index is -2.86. The molecular formula is C25H36F2N4O3. The molecular weight excluding hydrogens is 442 g/mol. The molecule has 0 aromatic heterocycles. The maximum Gasteiger partial charge on any atom is 0.411 e. The highest BCUT2D eigenvalue weighted by Crippen LogP contribution is 2.31. The molecule has 2 unspecified atom stereocenters. The van der Waals surface area contributed by atoms with Gasteiger partial charge < -0.3 is 9.64 Å². The van der Waals surface area contributed by atoms with Gasteiger partial charge in [0.25, 0.3) is 5.92 Å². The van der Waals surface area contributed by atoms with Crippen LogP contribution in [0.1, 0.15) is 39.2 Å². The molecule has 34 heavy (non-hydrogen) atoms. The third-order valence-corrected chi connectivity index (χ3v) is 6.85. The Morgan fingerprint density at radius 3 is 2.32 bits per heavy atom. The van der Waals surface area contributed by atoms with E-state index in [-0.39, 0.29) is 19.0 Å². The first-order chi connectivity index (χ1) is 16.0. The van der Waals surface area contributed by atoms with Gasteiger partial charge >= 0.3 is 6.09 Å². The fraction of sp³-hybridized carbons (Fsp3) is 0.680. The zero-order valence-electron chi connectivity index (χ0n) is 20.4. The van der Waals surface area contributed by atoms with Crippen LogP contribution in [-0.2, 0) is 16.1 Å². The summed E-state index contributed by atoms with van der Waals surface area (Å²) in [6.45, 7) is 9.52. The van der Waals surface area contributed by atoms with E-state index in [4.69, 9.17) is 4.74 Å². The average molecular weight is 479 g/mol. The predicted molar refractivity (Wildman–Crippen MR) is 125 cm³/mol. The van der Waals surface area contributed by atoms with Crippen molar-refractivity contribution in [3.05, 3.63) is 35.9 Å². The summed E-state index contributed by atoms with van der Waals surface area (Å²) in [6.07, 6.45) is -0.439. The number of ether oxygens (including phenoxy) is 1. The number of carbonyl (C=O) groups is 2. The van der Waals surface area contributed by atoms with Crippen LogP contribution in [0, 0.1) is 0 Å². The topological polar surface area (TPSA) is 56.3 Å². The molecule has 0 saturated carbocycles. The van der Waals surface area contributed by atoms with E-state index < -0.39 is 36.1 Å². The van der Waals surface area contributed by atoms with Gasteiger partial charge in [0.1, 0.15) is 11.6 Å². The van der Waals surface area contributed by atoms with Crippen LogP contribution in [0.2, 0.25) is 0 Å². The Morgan fingerprint density at radius 2 is 1.74 bits per heavy atom. The molecule has 3 fully saturated rings. The molecule has 0 radical (unpaired) electrons. The number of alkyl halides is 2. The van der Waals surface area contributed by atoms with Gasteiger partial charge in [0.15, 0.2) is 0 Å². The first-order valence-electron chi connectivity index (χ1n) is 12.2. The highest BCUT2D eigenvalue weighted by Gasteiger charge is 2.48. The van der Waals surface area contributed by atoms with E-state index in [1.165, 1.54) is 15.4 Å². The minimum absolute atomic E-state index is 0.00320. The fourth-order valence-electron chi connectivity index (χ4n) is 5.10. The molecule has 3 aliphatic rings. The number of carbonyl (C=O) groups excluding carboxylic acids is 2. The third-order valence-electron chi connectivity index (χ3n) is 6.85. The van der Waals surface area contributed by atoms with Crippen molar-refractivity contribution >= 4 is 12.0 Å². The summed E-state index contributed by atoms with van der Waals surface area (Å²) in [5.74, 6) is -3.26. The van der Waals surface area contributed by atoms with Crippen LogP contribution in [0.3, 0.4) is 0 Å². The van der Waals surface area contributed by atoms with Crippen molar-refractivity contribution in [1.29, 1.82) is 0 Å². The molecule has 2 atom stereocenters. The van der Waals surface area contributed by atoms with Crippen molar-refractivity contribution in [2.75, 3.05) is 45.8 Å². The molecule has 0 N–H and O–H groups in total. The van der Waals surface area contributed by atoms with Crippen LogP contribution in [0.15, 0.2) is 30.3 Å². The van der Waals surface area contributed by atoms with Gasteiger partial charge in [0.05, 0.1) is 6.54 Å². The molecule has 9 heteroatoms. The van der Waals surface area contributed by atoms with Crippen LogP contribution >= 0.6 is 0 Å². The second-order valence-corrected chi connectivity index (χ2v) is 10.7. The Bertz CT molecular complexity index is 869. The maximum atomic E-state index is 13.8. The summed E-state index contributed by atoms with van der Waals surface area (Å²) in [7, 11) is 0. The van der Waals surface area contributed by atoms with Crippen LogP contribution in [-0.4, -0.2) is 101 Å². The average Bonchev–Trinajstić information content (AvgIpc) is 3.37. The number of nitrogens with zero attached hydrogens (tertiary/aromatic N) is 4. The number of piperazine rings is 1. The number of hydrogen-bond acceptors (Lipinski definition) is 5. The smallest absolute Gasteiger partial charge is 0.411 e. The van der Waals surface area contributed by atoms with E-state index in [0.717, 1.165) is 32.7 Å². The van der Waals surface area contributed by atoms with Gasteiger partial charge in [-0.05, 0) is 32.8 Å². The minimum Gasteiger partial charge on any atom is -0.444 e. The number of hydrogen-bond donors (Lipinski definition) is 0. The van der Waals surface area contributed by atoms with E-state index in [1.54, 1.807) is 20.8 Å². The molecule has 3 saturated heterocycles. The second-order valence-electron chi connectivity index (χ2n) is 10.7. The molecule has 3 heterocycles. The van der Waals surface area contributed by atoms with Crippen LogP contribution in [0.5, 0.6) is 0 Å². The summed E-state index contributed by atoms with van der Waals surface area (Å²) in [5, 5.41) is 0. The Balaban J connectivity index is 1.40. The van der Waals surface area contributed by atoms with Crippen LogP contribution in [0.25, 0.3) is 0 Å². The SMILES string of the molecule is CC(C)(C)OC(=O)N1CC(N2CCN(Cc3ccccc3)CC2)CC1C(=O)N1CCC(F)(F)C1. The van der Waals surface area contributed by atoms with Crippen molar-refractivity contribution in [3.8, 4) is 0 Å². The Labute approximate surface area is 200 Å². The number of likely N-dealkylation sites (tertiary alicyclic amines) is 2. The van der Waals surface area contributed by atoms with Crippen molar-refractivity contribution < 1.29 is 23.1 Å². The molecule has 7 nitrogen and oxygen atoms in total. The summed E-state index contributed by atoms with van der Waals surface area (Å²) in [6, 6.07) is 9.59. The Morgan fingerprint density at radius 1 is 1.06 bits per heavy atom. The van der Waals surface area contributed by atoms with Crippen molar-refractivity contribution in [1.82, 2.24) is 19.6 Å². The van der Waals surface area contributed by atoms with Gasteiger partial charge in [-0.2, -0.15) is 0 Å². The highest BCUT2D eigenvalue weighted by molar-refractivity contribution is 5.87. The Hall–Kier alpha value is -2.26. The van der Waals surface area contributed by atoms with Crippen molar-refractivity contribution in [2.45, 2.75) is 63.8 Å². The van der Waals surface area contributed by atoms with Gasteiger partial charge in [0.2, 0.25) is 5.91 Å². The first-order valence-corrected chi connectivity index (χ1v) is 12.2. The molecule has 4 rings (SSSR count). The number of amides is 2. The molecule has 0 spiro atoms.